The predicted octanol–water partition coefficient (Wildman–Crippen LogP) is 7.79. The highest BCUT2D eigenvalue weighted by Gasteiger charge is 2.32. The van der Waals surface area contributed by atoms with Crippen LogP contribution >= 0.6 is 0 Å². The third-order valence-corrected chi connectivity index (χ3v) is 6.53. The van der Waals surface area contributed by atoms with E-state index in [1.54, 1.807) is 0 Å². The van der Waals surface area contributed by atoms with Crippen molar-refractivity contribution >= 4 is 0 Å². The van der Waals surface area contributed by atoms with E-state index in [1.807, 2.05) is 13.0 Å². The van der Waals surface area contributed by atoms with Crippen molar-refractivity contribution in [3.63, 3.8) is 0 Å². The van der Waals surface area contributed by atoms with E-state index < -0.39 is 6.36 Å². The van der Waals surface area contributed by atoms with Gasteiger partial charge < -0.3 is 4.74 Å². The van der Waals surface area contributed by atoms with Crippen molar-refractivity contribution in [3.05, 3.63) is 23.5 Å². The first kappa shape index (κ1) is 21.4. The van der Waals surface area contributed by atoms with Crippen LogP contribution in [0, 0.1) is 23.7 Å². The summed E-state index contributed by atoms with van der Waals surface area (Å²) in [7, 11) is 0. The van der Waals surface area contributed by atoms with Crippen molar-refractivity contribution in [2.24, 2.45) is 23.7 Å². The lowest BCUT2D eigenvalue weighted by molar-refractivity contribution is -0.305. The molecular weight excluding hydrogens is 337 g/mol. The molecule has 0 atom stereocenters. The Kier molecular flexibility index (Phi) is 8.09. The molecule has 0 unspecified atom stereocenters. The Morgan fingerprint density at radius 2 is 1.42 bits per heavy atom. The summed E-state index contributed by atoms with van der Waals surface area (Å²) in [5.74, 6) is 3.15. The van der Waals surface area contributed by atoms with Gasteiger partial charge in [0.25, 0.3) is 0 Å². The van der Waals surface area contributed by atoms with Crippen molar-refractivity contribution < 1.29 is 17.9 Å². The normalized spacial score (nSPS) is 31.8. The number of allylic oxidation sites excluding steroid dienone is 4. The summed E-state index contributed by atoms with van der Waals surface area (Å²) in [5.41, 5.74) is 1.18. The predicted molar refractivity (Wildman–Crippen MR) is 100 cm³/mol. The standard InChI is InChI=1S/C22H35F3O/c1-4-5-18-8-10-20(11-9-18)21-14-12-19(13-15-21)16(2)6-7-17(3)26-22(23,24)25/h6-7,18-21H,4-5,8-15H2,1-3H3/b16-6+,17-7+. The Morgan fingerprint density at radius 3 is 1.92 bits per heavy atom. The molecule has 0 heterocycles. The molecule has 2 rings (SSSR count). The van der Waals surface area contributed by atoms with Crippen LogP contribution in [0.4, 0.5) is 13.2 Å². The lowest BCUT2D eigenvalue weighted by Gasteiger charge is -2.38. The van der Waals surface area contributed by atoms with E-state index in [4.69, 9.17) is 0 Å². The van der Waals surface area contributed by atoms with Crippen LogP contribution in [-0.2, 0) is 4.74 Å². The molecule has 0 aromatic heterocycles. The Hall–Kier alpha value is -0.930. The van der Waals surface area contributed by atoms with Gasteiger partial charge in [-0.25, -0.2) is 0 Å². The van der Waals surface area contributed by atoms with Gasteiger partial charge in [0.1, 0.15) is 5.76 Å². The SMILES string of the molecule is CCCC1CCC(C2CCC(/C(C)=C/C=C(\C)OC(F)(F)F)CC2)CC1. The molecule has 2 aliphatic rings. The van der Waals surface area contributed by atoms with Gasteiger partial charge in [-0.3, -0.25) is 0 Å². The fourth-order valence-electron chi connectivity index (χ4n) is 5.00. The zero-order chi connectivity index (χ0) is 19.2. The van der Waals surface area contributed by atoms with E-state index in [2.05, 4.69) is 11.7 Å². The molecule has 0 radical (unpaired) electrons. The maximum Gasteiger partial charge on any atom is 0.572 e. The van der Waals surface area contributed by atoms with Crippen LogP contribution in [0.3, 0.4) is 0 Å². The van der Waals surface area contributed by atoms with Crippen LogP contribution < -0.4 is 0 Å². The van der Waals surface area contributed by atoms with Crippen molar-refractivity contribution in [2.75, 3.05) is 0 Å². The van der Waals surface area contributed by atoms with Crippen LogP contribution in [0.15, 0.2) is 23.5 Å². The first-order valence-electron chi connectivity index (χ1n) is 10.4. The molecule has 0 spiro atoms. The highest BCUT2D eigenvalue weighted by atomic mass is 19.4. The van der Waals surface area contributed by atoms with E-state index >= 15 is 0 Å². The van der Waals surface area contributed by atoms with Crippen molar-refractivity contribution in [2.45, 2.75) is 91.3 Å². The number of ether oxygens (including phenoxy) is 1. The fourth-order valence-corrected chi connectivity index (χ4v) is 5.00. The minimum absolute atomic E-state index is 0.102. The quantitative estimate of drug-likeness (QED) is 0.341. The molecule has 0 aliphatic heterocycles. The average Bonchev–Trinajstić information content (AvgIpc) is 2.59. The molecule has 0 amide bonds. The number of hydrogen-bond acceptors (Lipinski definition) is 1. The van der Waals surface area contributed by atoms with Gasteiger partial charge in [0.2, 0.25) is 0 Å². The maximum atomic E-state index is 12.2. The van der Waals surface area contributed by atoms with Crippen LogP contribution in [0.2, 0.25) is 0 Å². The molecule has 150 valence electrons. The zero-order valence-corrected chi connectivity index (χ0v) is 16.6. The molecule has 26 heavy (non-hydrogen) atoms. The van der Waals surface area contributed by atoms with Gasteiger partial charge in [0, 0.05) is 0 Å². The summed E-state index contributed by atoms with van der Waals surface area (Å²) in [6, 6.07) is 0. The molecule has 0 aromatic rings. The lowest BCUT2D eigenvalue weighted by atomic mass is 9.68. The van der Waals surface area contributed by atoms with Gasteiger partial charge in [-0.2, -0.15) is 0 Å². The van der Waals surface area contributed by atoms with Crippen molar-refractivity contribution in [1.82, 2.24) is 0 Å². The second-order valence-electron chi connectivity index (χ2n) is 8.42. The topological polar surface area (TPSA) is 9.23 Å². The summed E-state index contributed by atoms with van der Waals surface area (Å²) >= 11 is 0. The van der Waals surface area contributed by atoms with Gasteiger partial charge in [-0.05, 0) is 82.1 Å². The van der Waals surface area contributed by atoms with Crippen LogP contribution in [0.5, 0.6) is 0 Å². The molecular formula is C22H35F3O. The highest BCUT2D eigenvalue weighted by Crippen LogP contribution is 2.43. The van der Waals surface area contributed by atoms with E-state index in [0.717, 1.165) is 17.8 Å². The highest BCUT2D eigenvalue weighted by molar-refractivity contribution is 5.15. The second-order valence-corrected chi connectivity index (χ2v) is 8.42. The molecule has 1 nitrogen and oxygen atoms in total. The number of rotatable bonds is 6. The Labute approximate surface area is 157 Å². The van der Waals surface area contributed by atoms with Gasteiger partial charge in [0.05, 0.1) is 0 Å². The maximum absolute atomic E-state index is 12.2. The monoisotopic (exact) mass is 372 g/mol. The first-order valence-corrected chi connectivity index (χ1v) is 10.4. The summed E-state index contributed by atoms with van der Waals surface area (Å²) in [6.07, 6.45) is 11.9. The molecule has 0 aromatic carbocycles. The smallest absolute Gasteiger partial charge is 0.411 e. The first-order chi connectivity index (χ1) is 12.3. The summed E-state index contributed by atoms with van der Waals surface area (Å²) < 4.78 is 40.5. The number of alkyl halides is 3. The van der Waals surface area contributed by atoms with E-state index in [-0.39, 0.29) is 5.76 Å². The van der Waals surface area contributed by atoms with E-state index in [1.165, 1.54) is 82.8 Å². The fraction of sp³-hybridized carbons (Fsp3) is 0.818. The summed E-state index contributed by atoms with van der Waals surface area (Å²) in [4.78, 5) is 0. The largest absolute Gasteiger partial charge is 0.572 e. The number of hydrogen-bond donors (Lipinski definition) is 0. The van der Waals surface area contributed by atoms with Crippen LogP contribution in [0.1, 0.15) is 85.0 Å². The van der Waals surface area contributed by atoms with Crippen molar-refractivity contribution in [1.29, 1.82) is 0 Å². The third-order valence-electron chi connectivity index (χ3n) is 6.53. The van der Waals surface area contributed by atoms with Gasteiger partial charge >= 0.3 is 6.36 Å². The Balaban J connectivity index is 1.77. The van der Waals surface area contributed by atoms with Gasteiger partial charge in [-0.15, -0.1) is 13.2 Å². The molecule has 0 saturated heterocycles. The second kappa shape index (κ2) is 9.85. The minimum atomic E-state index is -4.60. The van der Waals surface area contributed by atoms with E-state index in [0.29, 0.717) is 5.92 Å². The summed E-state index contributed by atoms with van der Waals surface area (Å²) in [6.45, 7) is 5.68. The van der Waals surface area contributed by atoms with Crippen molar-refractivity contribution in [3.8, 4) is 0 Å². The molecule has 4 heteroatoms. The average molecular weight is 373 g/mol. The van der Waals surface area contributed by atoms with Gasteiger partial charge in [-0.1, -0.05) is 44.3 Å². The number of halogens is 3. The third kappa shape index (κ3) is 7.00. The van der Waals surface area contributed by atoms with Crippen LogP contribution in [0.25, 0.3) is 0 Å². The molecule has 2 aliphatic carbocycles. The Bertz CT molecular complexity index is 476. The van der Waals surface area contributed by atoms with E-state index in [9.17, 15) is 13.2 Å². The van der Waals surface area contributed by atoms with Crippen LogP contribution in [-0.4, -0.2) is 6.36 Å². The molecule has 0 bridgehead atoms. The Morgan fingerprint density at radius 1 is 0.885 bits per heavy atom. The lowest BCUT2D eigenvalue weighted by Crippen LogP contribution is -2.26. The molecule has 0 N–H and O–H groups in total. The zero-order valence-electron chi connectivity index (χ0n) is 16.6. The minimum Gasteiger partial charge on any atom is -0.411 e. The van der Waals surface area contributed by atoms with Gasteiger partial charge in [0.15, 0.2) is 0 Å². The molecule has 2 saturated carbocycles. The summed E-state index contributed by atoms with van der Waals surface area (Å²) in [5, 5.41) is 0. The molecule has 2 fully saturated rings.